The molecular weight excluding hydrogens is 327 g/mol. The van der Waals surface area contributed by atoms with Crippen molar-refractivity contribution >= 4 is 0 Å². The van der Waals surface area contributed by atoms with Crippen LogP contribution >= 0.6 is 0 Å². The van der Waals surface area contributed by atoms with Crippen molar-refractivity contribution in [2.45, 2.75) is 72.3 Å². The van der Waals surface area contributed by atoms with Gasteiger partial charge in [-0.05, 0) is 65.1 Å². The summed E-state index contributed by atoms with van der Waals surface area (Å²) in [5.74, 6) is -0.00147. The lowest BCUT2D eigenvalue weighted by atomic mass is 9.78. The Balaban J connectivity index is 3.00. The van der Waals surface area contributed by atoms with Crippen LogP contribution in [0.2, 0.25) is 0 Å². The third-order valence-corrected chi connectivity index (χ3v) is 4.93. The number of aromatic hydroxyl groups is 1. The number of rotatable bonds is 6. The zero-order valence-corrected chi connectivity index (χ0v) is 16.7. The van der Waals surface area contributed by atoms with Gasteiger partial charge >= 0.3 is 0 Å². The van der Waals surface area contributed by atoms with Crippen molar-refractivity contribution in [1.82, 2.24) is 0 Å². The van der Waals surface area contributed by atoms with E-state index in [2.05, 4.69) is 40.7 Å². The van der Waals surface area contributed by atoms with Crippen molar-refractivity contribution < 1.29 is 14.6 Å². The van der Waals surface area contributed by atoms with Gasteiger partial charge in [-0.2, -0.15) is 0 Å². The fraction of sp³-hybridized carbons (Fsp3) is 0.478. The molecule has 0 heterocycles. The summed E-state index contributed by atoms with van der Waals surface area (Å²) in [6, 6.07) is 6.35. The van der Waals surface area contributed by atoms with Crippen LogP contribution in [-0.2, 0) is 6.42 Å². The predicted octanol–water partition coefficient (Wildman–Crippen LogP) is 6.45. The standard InChI is InChI=1S/C23H31FO2/c1-7-8-17-19(13(2)3)12-20(14(4)5)22(15(6)25)23(17)18-10-9-16(24)11-21(18)26/h9-15,25-26H,7-8H2,1-6H3. The molecule has 2 rings (SSSR count). The minimum atomic E-state index is -0.677. The van der Waals surface area contributed by atoms with Gasteiger partial charge in [0.1, 0.15) is 11.6 Å². The van der Waals surface area contributed by atoms with Crippen molar-refractivity contribution in [3.8, 4) is 16.9 Å². The first kappa shape index (κ1) is 20.4. The second-order valence-corrected chi connectivity index (χ2v) is 7.72. The Morgan fingerprint density at radius 2 is 1.58 bits per heavy atom. The normalized spacial score (nSPS) is 12.8. The molecule has 2 nitrogen and oxygen atoms in total. The summed E-state index contributed by atoms with van der Waals surface area (Å²) >= 11 is 0. The Kier molecular flexibility index (Phi) is 6.46. The molecule has 2 N–H and O–H groups in total. The van der Waals surface area contributed by atoms with Gasteiger partial charge in [-0.15, -0.1) is 0 Å². The van der Waals surface area contributed by atoms with Crippen LogP contribution in [0.5, 0.6) is 5.75 Å². The monoisotopic (exact) mass is 358 g/mol. The van der Waals surface area contributed by atoms with Gasteiger partial charge in [0.25, 0.3) is 0 Å². The largest absolute Gasteiger partial charge is 0.507 e. The predicted molar refractivity (Wildman–Crippen MR) is 106 cm³/mol. The van der Waals surface area contributed by atoms with E-state index in [1.54, 1.807) is 13.0 Å². The van der Waals surface area contributed by atoms with Gasteiger partial charge in [0.15, 0.2) is 0 Å². The van der Waals surface area contributed by atoms with E-state index in [4.69, 9.17) is 0 Å². The van der Waals surface area contributed by atoms with Crippen LogP contribution in [0.3, 0.4) is 0 Å². The first-order valence-electron chi connectivity index (χ1n) is 9.55. The first-order chi connectivity index (χ1) is 12.2. The molecule has 0 radical (unpaired) electrons. The summed E-state index contributed by atoms with van der Waals surface area (Å²) in [5, 5.41) is 21.1. The lowest BCUT2D eigenvalue weighted by molar-refractivity contribution is 0.198. The molecule has 0 aliphatic heterocycles. The highest BCUT2D eigenvalue weighted by molar-refractivity contribution is 5.79. The third kappa shape index (κ3) is 3.93. The van der Waals surface area contributed by atoms with Crippen molar-refractivity contribution in [2.24, 2.45) is 0 Å². The zero-order chi connectivity index (χ0) is 19.6. The average Bonchev–Trinajstić information content (AvgIpc) is 2.54. The van der Waals surface area contributed by atoms with Crippen LogP contribution in [0.25, 0.3) is 11.1 Å². The van der Waals surface area contributed by atoms with Crippen LogP contribution in [-0.4, -0.2) is 10.2 Å². The molecule has 0 aromatic heterocycles. The Labute approximate surface area is 156 Å². The maximum absolute atomic E-state index is 13.6. The van der Waals surface area contributed by atoms with Crippen molar-refractivity contribution in [3.05, 3.63) is 52.3 Å². The van der Waals surface area contributed by atoms with E-state index in [0.717, 1.165) is 41.2 Å². The van der Waals surface area contributed by atoms with Crippen LogP contribution < -0.4 is 0 Å². The number of aliphatic hydroxyl groups is 1. The summed E-state index contributed by atoms with van der Waals surface area (Å²) in [4.78, 5) is 0. The molecule has 1 unspecified atom stereocenters. The second-order valence-electron chi connectivity index (χ2n) is 7.72. The molecule has 0 saturated heterocycles. The van der Waals surface area contributed by atoms with E-state index in [1.807, 2.05) is 0 Å². The Bertz CT molecular complexity index is 776. The van der Waals surface area contributed by atoms with Crippen LogP contribution in [0, 0.1) is 5.82 Å². The summed E-state index contributed by atoms with van der Waals surface area (Å²) < 4.78 is 13.6. The number of aliphatic hydroxyl groups excluding tert-OH is 1. The van der Waals surface area contributed by atoms with Gasteiger partial charge in [0, 0.05) is 11.6 Å². The summed E-state index contributed by atoms with van der Waals surface area (Å²) in [5.41, 5.74) is 5.77. The van der Waals surface area contributed by atoms with Gasteiger partial charge in [-0.25, -0.2) is 4.39 Å². The topological polar surface area (TPSA) is 40.5 Å². The smallest absolute Gasteiger partial charge is 0.126 e. The van der Waals surface area contributed by atoms with Gasteiger partial charge < -0.3 is 10.2 Å². The minimum absolute atomic E-state index is 0.0835. The van der Waals surface area contributed by atoms with Gasteiger partial charge in [-0.1, -0.05) is 47.1 Å². The van der Waals surface area contributed by atoms with Crippen LogP contribution in [0.15, 0.2) is 24.3 Å². The van der Waals surface area contributed by atoms with E-state index >= 15 is 0 Å². The van der Waals surface area contributed by atoms with Crippen molar-refractivity contribution in [1.29, 1.82) is 0 Å². The molecule has 0 aliphatic rings. The molecule has 2 aromatic rings. The van der Waals surface area contributed by atoms with Crippen LogP contribution in [0.1, 0.15) is 88.2 Å². The van der Waals surface area contributed by atoms with E-state index < -0.39 is 11.9 Å². The molecule has 0 amide bonds. The fourth-order valence-electron chi connectivity index (χ4n) is 3.77. The zero-order valence-electron chi connectivity index (χ0n) is 16.7. The van der Waals surface area contributed by atoms with Gasteiger partial charge in [-0.3, -0.25) is 0 Å². The molecule has 0 saturated carbocycles. The molecule has 1 atom stereocenters. The van der Waals surface area contributed by atoms with E-state index in [0.29, 0.717) is 11.5 Å². The molecule has 0 spiro atoms. The van der Waals surface area contributed by atoms with Gasteiger partial charge in [0.2, 0.25) is 0 Å². The number of benzene rings is 2. The number of phenolic OH excluding ortho intramolecular Hbond substituents is 1. The third-order valence-electron chi connectivity index (χ3n) is 4.93. The molecule has 3 heteroatoms. The maximum atomic E-state index is 13.6. The fourth-order valence-corrected chi connectivity index (χ4v) is 3.77. The van der Waals surface area contributed by atoms with Crippen LogP contribution in [0.4, 0.5) is 4.39 Å². The second kappa shape index (κ2) is 8.22. The number of hydrogen-bond acceptors (Lipinski definition) is 2. The van der Waals surface area contributed by atoms with E-state index in [1.165, 1.54) is 11.6 Å². The Morgan fingerprint density at radius 1 is 0.962 bits per heavy atom. The number of phenols is 1. The Morgan fingerprint density at radius 3 is 2.04 bits per heavy atom. The highest BCUT2D eigenvalue weighted by Gasteiger charge is 2.25. The summed E-state index contributed by atoms with van der Waals surface area (Å²) in [6.45, 7) is 12.4. The Hall–Kier alpha value is -1.87. The molecule has 2 aromatic carbocycles. The van der Waals surface area contributed by atoms with Crippen molar-refractivity contribution in [2.75, 3.05) is 0 Å². The average molecular weight is 358 g/mol. The van der Waals surface area contributed by atoms with E-state index in [9.17, 15) is 14.6 Å². The minimum Gasteiger partial charge on any atom is -0.507 e. The van der Waals surface area contributed by atoms with E-state index in [-0.39, 0.29) is 11.7 Å². The van der Waals surface area contributed by atoms with Crippen molar-refractivity contribution in [3.63, 3.8) is 0 Å². The highest BCUT2D eigenvalue weighted by atomic mass is 19.1. The molecule has 142 valence electrons. The first-order valence-corrected chi connectivity index (χ1v) is 9.55. The summed E-state index contributed by atoms with van der Waals surface area (Å²) in [7, 11) is 0. The lowest BCUT2D eigenvalue weighted by Crippen LogP contribution is -2.10. The quantitative estimate of drug-likeness (QED) is 0.623. The maximum Gasteiger partial charge on any atom is 0.126 e. The molecule has 0 fully saturated rings. The van der Waals surface area contributed by atoms with Gasteiger partial charge in [0.05, 0.1) is 6.10 Å². The lowest BCUT2D eigenvalue weighted by Gasteiger charge is -2.27. The molecule has 0 bridgehead atoms. The highest BCUT2D eigenvalue weighted by Crippen LogP contribution is 2.44. The molecule has 0 aliphatic carbocycles. The SMILES string of the molecule is CCCc1c(C(C)C)cc(C(C)C)c(C(C)O)c1-c1ccc(F)cc1O. The molecule has 26 heavy (non-hydrogen) atoms. The number of halogens is 1. The summed E-state index contributed by atoms with van der Waals surface area (Å²) in [6.07, 6.45) is 1.12. The number of hydrogen-bond donors (Lipinski definition) is 2. The molecular formula is C23H31FO2.